The maximum atomic E-state index is 12.8. The Morgan fingerprint density at radius 3 is 2.17 bits per heavy atom. The summed E-state index contributed by atoms with van der Waals surface area (Å²) in [6, 6.07) is 19.4. The van der Waals surface area contributed by atoms with Crippen LogP contribution in [-0.4, -0.2) is 42.8 Å². The molecule has 8 nitrogen and oxygen atoms in total. The van der Waals surface area contributed by atoms with Crippen molar-refractivity contribution in [1.29, 1.82) is 0 Å². The van der Waals surface area contributed by atoms with E-state index in [1.165, 1.54) is 25.3 Å². The molecule has 2 amide bonds. The molecule has 180 valence electrons. The van der Waals surface area contributed by atoms with E-state index in [1.807, 2.05) is 36.4 Å². The Bertz CT molecular complexity index is 1230. The number of carboxylic acids is 1. The Labute approximate surface area is 202 Å². The van der Waals surface area contributed by atoms with Gasteiger partial charge < -0.3 is 25.2 Å². The topological polar surface area (TPSA) is 114 Å². The van der Waals surface area contributed by atoms with E-state index < -0.39 is 24.0 Å². The number of hydrogen-bond donors (Lipinski definition) is 3. The van der Waals surface area contributed by atoms with E-state index >= 15 is 0 Å². The molecule has 0 fully saturated rings. The molecule has 0 spiro atoms. The minimum Gasteiger partial charge on any atom is -0.497 e. The third kappa shape index (κ3) is 4.96. The maximum Gasteiger partial charge on any atom is 0.407 e. The van der Waals surface area contributed by atoms with E-state index in [2.05, 4.69) is 22.8 Å². The van der Waals surface area contributed by atoms with Crippen LogP contribution in [0.5, 0.6) is 5.75 Å². The van der Waals surface area contributed by atoms with E-state index in [0.717, 1.165) is 22.3 Å². The summed E-state index contributed by atoms with van der Waals surface area (Å²) in [5.74, 6) is -1.46. The van der Waals surface area contributed by atoms with Crippen LogP contribution in [0.4, 0.5) is 10.5 Å². The standard InChI is InChI=1S/C27H26N2O6/c1-3-23(25(30)28-24-14-16(34-2)12-13-21(24)26(31)32)29-27(33)35-15-22-19-10-6-4-8-17(19)18-9-5-7-11-20(18)22/h4-14,22-23H,3,15H2,1-2H3,(H,28,30)(H,29,33)(H,31,32)/t23-/m1/s1. The number of methoxy groups -OCH3 is 1. The number of anilines is 1. The molecule has 4 rings (SSSR count). The molecule has 1 aliphatic rings. The van der Waals surface area contributed by atoms with Gasteiger partial charge in [-0.3, -0.25) is 4.79 Å². The summed E-state index contributed by atoms with van der Waals surface area (Å²) in [6.07, 6.45) is -0.444. The van der Waals surface area contributed by atoms with Crippen molar-refractivity contribution in [1.82, 2.24) is 5.32 Å². The molecule has 0 radical (unpaired) electrons. The highest BCUT2D eigenvalue weighted by Gasteiger charge is 2.29. The van der Waals surface area contributed by atoms with Crippen LogP contribution in [0.25, 0.3) is 11.1 Å². The Morgan fingerprint density at radius 2 is 1.60 bits per heavy atom. The summed E-state index contributed by atoms with van der Waals surface area (Å²) >= 11 is 0. The summed E-state index contributed by atoms with van der Waals surface area (Å²) in [5.41, 5.74) is 4.41. The van der Waals surface area contributed by atoms with Crippen molar-refractivity contribution in [3.63, 3.8) is 0 Å². The third-order valence-electron chi connectivity index (χ3n) is 6.08. The van der Waals surface area contributed by atoms with Gasteiger partial charge in [-0.15, -0.1) is 0 Å². The number of aromatic carboxylic acids is 1. The van der Waals surface area contributed by atoms with Gasteiger partial charge in [-0.1, -0.05) is 55.5 Å². The van der Waals surface area contributed by atoms with Crippen molar-refractivity contribution in [3.05, 3.63) is 83.4 Å². The Hall–Kier alpha value is -4.33. The molecule has 3 N–H and O–H groups in total. The number of rotatable bonds is 8. The lowest BCUT2D eigenvalue weighted by Crippen LogP contribution is -2.44. The second-order valence-electron chi connectivity index (χ2n) is 8.14. The fourth-order valence-electron chi connectivity index (χ4n) is 4.30. The molecule has 0 aliphatic heterocycles. The van der Waals surface area contributed by atoms with Crippen molar-refractivity contribution < 1.29 is 29.0 Å². The molecule has 0 aromatic heterocycles. The number of ether oxygens (including phenoxy) is 2. The Kier molecular flexibility index (Phi) is 7.01. The van der Waals surface area contributed by atoms with E-state index in [9.17, 15) is 19.5 Å². The molecular formula is C27H26N2O6. The lowest BCUT2D eigenvalue weighted by molar-refractivity contribution is -0.118. The first-order valence-corrected chi connectivity index (χ1v) is 11.3. The molecule has 35 heavy (non-hydrogen) atoms. The van der Waals surface area contributed by atoms with Crippen LogP contribution in [0.1, 0.15) is 40.7 Å². The zero-order valence-corrected chi connectivity index (χ0v) is 19.4. The van der Waals surface area contributed by atoms with Gasteiger partial charge >= 0.3 is 12.1 Å². The number of nitrogens with one attached hydrogen (secondary N) is 2. The van der Waals surface area contributed by atoms with Gasteiger partial charge in [0.25, 0.3) is 0 Å². The van der Waals surface area contributed by atoms with Crippen LogP contribution >= 0.6 is 0 Å². The van der Waals surface area contributed by atoms with E-state index in [4.69, 9.17) is 9.47 Å². The molecule has 1 atom stereocenters. The lowest BCUT2D eigenvalue weighted by Gasteiger charge is -2.19. The largest absolute Gasteiger partial charge is 0.497 e. The molecule has 3 aromatic carbocycles. The number of hydrogen-bond acceptors (Lipinski definition) is 5. The molecule has 0 saturated heterocycles. The number of alkyl carbamates (subject to hydrolysis) is 1. The van der Waals surface area contributed by atoms with Gasteiger partial charge in [0.1, 0.15) is 18.4 Å². The number of carboxylic acid groups (broad SMARTS) is 1. The van der Waals surface area contributed by atoms with Gasteiger partial charge in [-0.25, -0.2) is 9.59 Å². The molecule has 0 unspecified atom stereocenters. The van der Waals surface area contributed by atoms with Crippen molar-refractivity contribution in [2.75, 3.05) is 19.0 Å². The summed E-state index contributed by atoms with van der Waals surface area (Å²) < 4.78 is 10.6. The smallest absolute Gasteiger partial charge is 0.407 e. The number of benzene rings is 3. The zero-order valence-electron chi connectivity index (χ0n) is 19.4. The highest BCUT2D eigenvalue weighted by Crippen LogP contribution is 2.44. The number of amides is 2. The average Bonchev–Trinajstić information content (AvgIpc) is 3.19. The first-order valence-electron chi connectivity index (χ1n) is 11.3. The molecule has 1 aliphatic carbocycles. The fraction of sp³-hybridized carbons (Fsp3) is 0.222. The second-order valence-corrected chi connectivity index (χ2v) is 8.14. The number of carbonyl (C=O) groups is 3. The second kappa shape index (κ2) is 10.3. The molecule has 8 heteroatoms. The van der Waals surface area contributed by atoms with Crippen LogP contribution in [0, 0.1) is 0 Å². The molecule has 0 saturated carbocycles. The van der Waals surface area contributed by atoms with Crippen molar-refractivity contribution in [3.8, 4) is 16.9 Å². The minimum absolute atomic E-state index is 0.0784. The highest BCUT2D eigenvalue weighted by atomic mass is 16.5. The van der Waals surface area contributed by atoms with Crippen LogP contribution in [0.3, 0.4) is 0 Å². The van der Waals surface area contributed by atoms with Crippen molar-refractivity contribution >= 4 is 23.7 Å². The predicted molar refractivity (Wildman–Crippen MR) is 131 cm³/mol. The highest BCUT2D eigenvalue weighted by molar-refractivity contribution is 6.03. The van der Waals surface area contributed by atoms with Crippen LogP contribution in [0.15, 0.2) is 66.7 Å². The van der Waals surface area contributed by atoms with Crippen LogP contribution < -0.4 is 15.4 Å². The SMILES string of the molecule is CC[C@@H](NC(=O)OCC1c2ccccc2-c2ccccc21)C(=O)Nc1cc(OC)ccc1C(=O)O. The minimum atomic E-state index is -1.19. The first-order chi connectivity index (χ1) is 16.9. The van der Waals surface area contributed by atoms with Gasteiger partial charge in [0.05, 0.1) is 18.4 Å². The summed E-state index contributed by atoms with van der Waals surface area (Å²) in [4.78, 5) is 36.9. The molecule has 3 aromatic rings. The zero-order chi connectivity index (χ0) is 24.9. The number of carbonyl (C=O) groups excluding carboxylic acids is 2. The molecular weight excluding hydrogens is 448 g/mol. The van der Waals surface area contributed by atoms with Gasteiger partial charge in [-0.2, -0.15) is 0 Å². The maximum absolute atomic E-state index is 12.8. The predicted octanol–water partition coefficient (Wildman–Crippen LogP) is 4.65. The summed E-state index contributed by atoms with van der Waals surface area (Å²) in [6.45, 7) is 1.86. The summed E-state index contributed by atoms with van der Waals surface area (Å²) in [7, 11) is 1.44. The van der Waals surface area contributed by atoms with Gasteiger partial charge in [-0.05, 0) is 40.8 Å². The quantitative estimate of drug-likeness (QED) is 0.438. The van der Waals surface area contributed by atoms with Crippen molar-refractivity contribution in [2.45, 2.75) is 25.3 Å². The van der Waals surface area contributed by atoms with Gasteiger partial charge in [0, 0.05) is 12.0 Å². The molecule has 0 bridgehead atoms. The monoisotopic (exact) mass is 474 g/mol. The van der Waals surface area contributed by atoms with E-state index in [1.54, 1.807) is 6.92 Å². The van der Waals surface area contributed by atoms with Gasteiger partial charge in [0.15, 0.2) is 0 Å². The Morgan fingerprint density at radius 1 is 0.971 bits per heavy atom. The molecule has 0 heterocycles. The lowest BCUT2D eigenvalue weighted by atomic mass is 9.98. The van der Waals surface area contributed by atoms with Crippen LogP contribution in [0.2, 0.25) is 0 Å². The van der Waals surface area contributed by atoms with Gasteiger partial charge in [0.2, 0.25) is 5.91 Å². The van der Waals surface area contributed by atoms with Crippen molar-refractivity contribution in [2.24, 2.45) is 0 Å². The van der Waals surface area contributed by atoms with Crippen LogP contribution in [-0.2, 0) is 9.53 Å². The third-order valence-corrected chi connectivity index (χ3v) is 6.08. The van der Waals surface area contributed by atoms with E-state index in [0.29, 0.717) is 5.75 Å². The summed E-state index contributed by atoms with van der Waals surface area (Å²) in [5, 5.41) is 14.6. The normalized spacial score (nSPS) is 12.7. The average molecular weight is 475 g/mol. The van der Waals surface area contributed by atoms with E-state index in [-0.39, 0.29) is 30.2 Å². The Balaban J connectivity index is 1.42. The number of fused-ring (bicyclic) bond motifs is 3. The first kappa shape index (κ1) is 23.8. The fourth-order valence-corrected chi connectivity index (χ4v) is 4.30.